The van der Waals surface area contributed by atoms with Crippen LogP contribution < -0.4 is 0 Å². The number of allylic oxidation sites excluding steroid dienone is 1. The summed E-state index contributed by atoms with van der Waals surface area (Å²) in [4.78, 5) is 24.8. The lowest BCUT2D eigenvalue weighted by atomic mass is 9.85. The molecule has 5 nitrogen and oxygen atoms in total. The Labute approximate surface area is 222 Å². The van der Waals surface area contributed by atoms with Gasteiger partial charge in [-0.25, -0.2) is 4.79 Å². The van der Waals surface area contributed by atoms with Crippen molar-refractivity contribution in [1.82, 2.24) is 0 Å². The van der Waals surface area contributed by atoms with Gasteiger partial charge in [0.15, 0.2) is 0 Å². The van der Waals surface area contributed by atoms with Gasteiger partial charge in [-0.05, 0) is 66.6 Å². The highest BCUT2D eigenvalue weighted by Crippen LogP contribution is 2.44. The second-order valence-electron chi connectivity index (χ2n) is 12.1. The van der Waals surface area contributed by atoms with Crippen molar-refractivity contribution >= 4 is 20.1 Å². The van der Waals surface area contributed by atoms with Gasteiger partial charge in [0.25, 0.3) is 0 Å². The Bertz CT molecular complexity index is 718. The van der Waals surface area contributed by atoms with Gasteiger partial charge in [-0.3, -0.25) is 4.79 Å². The standard InChI is InChI=1S/C30H56O5Si/c1-13-23(9)24(10)16-27(31)15-22(8)14-25(11)28(32)18-29(26(12)17-30(33)34)35-36(19(2)3,20(4)5)21(6)7/h17,19-22,24-25,27,29,31H,9,13-16,18H2,1-8,10-12H3,(H,33,34)/b26-17+/t22-,24+,25+,27+,29+/m0/s1. The van der Waals surface area contributed by atoms with Gasteiger partial charge in [-0.2, -0.15) is 0 Å². The number of ketones is 1. The molecular weight excluding hydrogens is 468 g/mol. The molecule has 36 heavy (non-hydrogen) atoms. The molecule has 0 saturated heterocycles. The molecule has 0 heterocycles. The summed E-state index contributed by atoms with van der Waals surface area (Å²) in [7, 11) is -2.31. The van der Waals surface area contributed by atoms with E-state index in [1.807, 2.05) is 6.92 Å². The van der Waals surface area contributed by atoms with Crippen LogP contribution in [0.25, 0.3) is 0 Å². The summed E-state index contributed by atoms with van der Waals surface area (Å²) in [5.74, 6) is -0.634. The second-order valence-corrected chi connectivity index (χ2v) is 17.5. The molecule has 0 aliphatic heterocycles. The van der Waals surface area contributed by atoms with Crippen LogP contribution in [0, 0.1) is 17.8 Å². The molecule has 0 aromatic carbocycles. The van der Waals surface area contributed by atoms with Gasteiger partial charge in [0.2, 0.25) is 8.32 Å². The number of Topliss-reactive ketones (excluding diaryl/α,β-unsaturated/α-hetero) is 1. The Balaban J connectivity index is 5.54. The van der Waals surface area contributed by atoms with Crippen molar-refractivity contribution in [1.29, 1.82) is 0 Å². The number of carbonyl (C=O) groups excluding carboxylic acids is 1. The minimum absolute atomic E-state index is 0.0892. The molecule has 6 heteroatoms. The minimum Gasteiger partial charge on any atom is -0.478 e. The number of rotatable bonds is 18. The molecule has 0 unspecified atom stereocenters. The fourth-order valence-electron chi connectivity index (χ4n) is 5.94. The first-order valence-electron chi connectivity index (χ1n) is 14.0. The van der Waals surface area contributed by atoms with E-state index in [0.717, 1.165) is 12.0 Å². The SMILES string of the molecule is C=C(CC)[C@H](C)C[C@H](O)C[C@@H](C)C[C@@H](C)C(=O)C[C@@H](O[Si](C(C)C)(C(C)C)C(C)C)/C(C)=C/C(=O)O. The molecule has 0 spiro atoms. The lowest BCUT2D eigenvalue weighted by Gasteiger charge is -2.45. The lowest BCUT2D eigenvalue weighted by Crippen LogP contribution is -2.51. The zero-order chi connectivity index (χ0) is 28.4. The Morgan fingerprint density at radius 3 is 1.81 bits per heavy atom. The van der Waals surface area contributed by atoms with Crippen molar-refractivity contribution in [2.45, 2.75) is 137 Å². The number of aliphatic hydroxyl groups is 1. The van der Waals surface area contributed by atoms with Crippen LogP contribution in [0.3, 0.4) is 0 Å². The average molecular weight is 525 g/mol. The van der Waals surface area contributed by atoms with Gasteiger partial charge in [0.05, 0.1) is 12.2 Å². The van der Waals surface area contributed by atoms with Crippen LogP contribution in [0.5, 0.6) is 0 Å². The molecule has 210 valence electrons. The highest BCUT2D eigenvalue weighted by Gasteiger charge is 2.47. The van der Waals surface area contributed by atoms with E-state index in [9.17, 15) is 19.8 Å². The summed E-state index contributed by atoms with van der Waals surface area (Å²) in [5.41, 5.74) is 2.74. The number of aliphatic carboxylic acids is 1. The number of hydrogen-bond donors (Lipinski definition) is 2. The molecule has 0 saturated carbocycles. The summed E-state index contributed by atoms with van der Waals surface area (Å²) in [6.45, 7) is 27.2. The first kappa shape index (κ1) is 34.8. The Kier molecular flexibility index (Phi) is 15.3. The fraction of sp³-hybridized carbons (Fsp3) is 0.800. The van der Waals surface area contributed by atoms with Crippen LogP contribution in [-0.2, 0) is 14.0 Å². The normalized spacial score (nSPS) is 17.2. The quantitative estimate of drug-likeness (QED) is 0.108. The highest BCUT2D eigenvalue weighted by molar-refractivity contribution is 6.77. The average Bonchev–Trinajstić information content (AvgIpc) is 2.73. The molecule has 0 fully saturated rings. The van der Waals surface area contributed by atoms with Crippen molar-refractivity contribution in [2.75, 3.05) is 0 Å². The summed E-state index contributed by atoms with van der Waals surface area (Å²) in [6, 6.07) is 0. The van der Waals surface area contributed by atoms with Crippen molar-refractivity contribution in [2.24, 2.45) is 17.8 Å². The van der Waals surface area contributed by atoms with Crippen molar-refractivity contribution in [3.05, 3.63) is 23.8 Å². The number of carboxylic acids is 1. The fourth-order valence-corrected chi connectivity index (χ4v) is 11.5. The topological polar surface area (TPSA) is 83.8 Å². The molecule has 0 aliphatic rings. The van der Waals surface area contributed by atoms with Crippen LogP contribution >= 0.6 is 0 Å². The molecule has 0 aromatic rings. The van der Waals surface area contributed by atoms with E-state index in [2.05, 4.69) is 68.9 Å². The smallest absolute Gasteiger partial charge is 0.328 e. The summed E-state index contributed by atoms with van der Waals surface area (Å²) in [5, 5.41) is 19.9. The molecule has 0 radical (unpaired) electrons. The maximum atomic E-state index is 13.4. The van der Waals surface area contributed by atoms with Gasteiger partial charge >= 0.3 is 5.97 Å². The third-order valence-corrected chi connectivity index (χ3v) is 14.2. The first-order chi connectivity index (χ1) is 16.5. The van der Waals surface area contributed by atoms with Gasteiger partial charge in [0, 0.05) is 18.4 Å². The van der Waals surface area contributed by atoms with Gasteiger partial charge in [-0.1, -0.05) is 81.4 Å². The Morgan fingerprint density at radius 1 is 0.889 bits per heavy atom. The molecule has 0 amide bonds. The van der Waals surface area contributed by atoms with Gasteiger partial charge in [-0.15, -0.1) is 0 Å². The van der Waals surface area contributed by atoms with E-state index in [1.165, 1.54) is 6.08 Å². The van der Waals surface area contributed by atoms with Gasteiger partial charge < -0.3 is 14.6 Å². The van der Waals surface area contributed by atoms with Crippen LogP contribution in [0.1, 0.15) is 108 Å². The third kappa shape index (κ3) is 10.6. The molecule has 0 rings (SSSR count). The van der Waals surface area contributed by atoms with Crippen LogP contribution in [-0.4, -0.2) is 42.5 Å². The predicted octanol–water partition coefficient (Wildman–Crippen LogP) is 7.94. The summed E-state index contributed by atoms with van der Waals surface area (Å²) in [6.07, 6.45) is 3.38. The van der Waals surface area contributed by atoms with Gasteiger partial charge in [0.1, 0.15) is 5.78 Å². The van der Waals surface area contributed by atoms with E-state index in [1.54, 1.807) is 6.92 Å². The largest absolute Gasteiger partial charge is 0.478 e. The number of carbonyl (C=O) groups is 2. The van der Waals surface area contributed by atoms with Crippen molar-refractivity contribution in [3.8, 4) is 0 Å². The van der Waals surface area contributed by atoms with E-state index in [0.29, 0.717) is 41.5 Å². The van der Waals surface area contributed by atoms with E-state index >= 15 is 0 Å². The molecule has 0 aliphatic carbocycles. The zero-order valence-corrected chi connectivity index (χ0v) is 26.1. The zero-order valence-electron chi connectivity index (χ0n) is 25.1. The Morgan fingerprint density at radius 2 is 1.39 bits per heavy atom. The van der Waals surface area contributed by atoms with Crippen LogP contribution in [0.15, 0.2) is 23.8 Å². The molecule has 0 bridgehead atoms. The number of carboxylic acid groups (broad SMARTS) is 1. The molecule has 5 atom stereocenters. The third-order valence-electron chi connectivity index (χ3n) is 8.06. The second kappa shape index (κ2) is 15.9. The molecule has 0 aromatic heterocycles. The maximum absolute atomic E-state index is 13.4. The van der Waals surface area contributed by atoms with Crippen LogP contribution in [0.2, 0.25) is 16.6 Å². The van der Waals surface area contributed by atoms with E-state index in [4.69, 9.17) is 4.43 Å². The molecular formula is C30H56O5Si. The van der Waals surface area contributed by atoms with Crippen LogP contribution in [0.4, 0.5) is 0 Å². The van der Waals surface area contributed by atoms with Crippen molar-refractivity contribution < 1.29 is 24.2 Å². The van der Waals surface area contributed by atoms with E-state index in [-0.39, 0.29) is 30.0 Å². The van der Waals surface area contributed by atoms with E-state index < -0.39 is 26.5 Å². The number of aliphatic hydroxyl groups excluding tert-OH is 1. The summed E-state index contributed by atoms with van der Waals surface area (Å²) < 4.78 is 6.89. The number of hydrogen-bond acceptors (Lipinski definition) is 4. The lowest BCUT2D eigenvalue weighted by molar-refractivity contribution is -0.131. The molecule has 2 N–H and O–H groups in total. The van der Waals surface area contributed by atoms with Crippen molar-refractivity contribution in [3.63, 3.8) is 0 Å². The first-order valence-corrected chi connectivity index (χ1v) is 16.1. The Hall–Kier alpha value is -1.24. The maximum Gasteiger partial charge on any atom is 0.328 e. The minimum atomic E-state index is -2.31. The predicted molar refractivity (Wildman–Crippen MR) is 154 cm³/mol. The highest BCUT2D eigenvalue weighted by atomic mass is 28.4. The monoisotopic (exact) mass is 524 g/mol. The summed E-state index contributed by atoms with van der Waals surface area (Å²) >= 11 is 0.